The van der Waals surface area contributed by atoms with Gasteiger partial charge in [0.2, 0.25) is 4.87 Å². The number of carbonyl (C=O) groups is 2. The topological polar surface area (TPSA) is 94.8 Å². The SMILES string of the molecule is CC1C(C(=O)O)=CC=C(O)C1(Cl)C(=O)O. The number of carboxylic acid groups (broad SMARTS) is 2. The van der Waals surface area contributed by atoms with Crippen LogP contribution in [0.25, 0.3) is 0 Å². The Hall–Kier alpha value is -1.49. The maximum atomic E-state index is 10.9. The molecule has 0 bridgehead atoms. The van der Waals surface area contributed by atoms with Crippen molar-refractivity contribution in [3.8, 4) is 0 Å². The third-order valence-electron chi connectivity index (χ3n) is 2.41. The van der Waals surface area contributed by atoms with Gasteiger partial charge in [0.05, 0.1) is 0 Å². The van der Waals surface area contributed by atoms with Crippen LogP contribution in [0.15, 0.2) is 23.5 Å². The zero-order valence-corrected chi connectivity index (χ0v) is 8.52. The molecule has 0 aliphatic heterocycles. The second kappa shape index (κ2) is 3.58. The van der Waals surface area contributed by atoms with E-state index in [0.717, 1.165) is 12.2 Å². The minimum atomic E-state index is -2.09. The number of allylic oxidation sites excluding steroid dienone is 2. The molecule has 0 saturated heterocycles. The summed E-state index contributed by atoms with van der Waals surface area (Å²) in [4.78, 5) is 19.6. The van der Waals surface area contributed by atoms with E-state index in [0.29, 0.717) is 0 Å². The third-order valence-corrected chi connectivity index (χ3v) is 3.10. The first-order chi connectivity index (χ1) is 6.81. The van der Waals surface area contributed by atoms with E-state index in [9.17, 15) is 14.7 Å². The average Bonchev–Trinajstić information content (AvgIpc) is 2.13. The van der Waals surface area contributed by atoms with E-state index in [4.69, 9.17) is 21.8 Å². The van der Waals surface area contributed by atoms with Crippen LogP contribution in [-0.4, -0.2) is 32.1 Å². The molecule has 6 heteroatoms. The number of aliphatic carboxylic acids is 2. The Bertz CT molecular complexity index is 384. The summed E-state index contributed by atoms with van der Waals surface area (Å²) in [5.41, 5.74) is -0.148. The Labute approximate surface area is 90.3 Å². The van der Waals surface area contributed by atoms with Gasteiger partial charge in [-0.1, -0.05) is 18.5 Å². The van der Waals surface area contributed by atoms with E-state index in [1.54, 1.807) is 0 Å². The Balaban J connectivity index is 3.27. The van der Waals surface area contributed by atoms with Crippen molar-refractivity contribution in [3.63, 3.8) is 0 Å². The van der Waals surface area contributed by atoms with Crippen molar-refractivity contribution in [3.05, 3.63) is 23.5 Å². The molecule has 15 heavy (non-hydrogen) atoms. The maximum Gasteiger partial charge on any atom is 0.333 e. The number of aliphatic hydroxyl groups excluding tert-OH is 1. The molecule has 82 valence electrons. The van der Waals surface area contributed by atoms with E-state index >= 15 is 0 Å². The van der Waals surface area contributed by atoms with E-state index in [-0.39, 0.29) is 5.57 Å². The summed E-state index contributed by atoms with van der Waals surface area (Å²) in [6.45, 7) is 1.34. The predicted molar refractivity (Wildman–Crippen MR) is 51.8 cm³/mol. The fourth-order valence-corrected chi connectivity index (χ4v) is 1.60. The largest absolute Gasteiger partial charge is 0.510 e. The lowest BCUT2D eigenvalue weighted by atomic mass is 9.81. The number of hydrogen-bond acceptors (Lipinski definition) is 3. The number of alkyl halides is 1. The Morgan fingerprint density at radius 3 is 2.33 bits per heavy atom. The first-order valence-electron chi connectivity index (χ1n) is 4.08. The van der Waals surface area contributed by atoms with Gasteiger partial charge in [-0.15, -0.1) is 0 Å². The molecular weight excluding hydrogens is 224 g/mol. The highest BCUT2D eigenvalue weighted by Crippen LogP contribution is 2.39. The van der Waals surface area contributed by atoms with Crippen LogP contribution in [0.1, 0.15) is 6.92 Å². The Morgan fingerprint density at radius 2 is 1.93 bits per heavy atom. The highest BCUT2D eigenvalue weighted by molar-refractivity contribution is 6.36. The fraction of sp³-hybridized carbons (Fsp3) is 0.333. The molecule has 0 saturated carbocycles. The van der Waals surface area contributed by atoms with Crippen molar-refractivity contribution in [2.45, 2.75) is 11.8 Å². The molecule has 5 nitrogen and oxygen atoms in total. The zero-order valence-electron chi connectivity index (χ0n) is 7.77. The van der Waals surface area contributed by atoms with Gasteiger partial charge in [0.25, 0.3) is 0 Å². The molecule has 3 N–H and O–H groups in total. The van der Waals surface area contributed by atoms with Crippen molar-refractivity contribution in [2.24, 2.45) is 5.92 Å². The molecule has 0 aromatic heterocycles. The summed E-state index contributed by atoms with van der Waals surface area (Å²) >= 11 is 5.73. The van der Waals surface area contributed by atoms with Crippen molar-refractivity contribution >= 4 is 23.5 Å². The third kappa shape index (κ3) is 1.59. The van der Waals surface area contributed by atoms with Crippen LogP contribution in [0.4, 0.5) is 0 Å². The molecule has 0 heterocycles. The molecule has 2 atom stereocenters. The summed E-state index contributed by atoms with van der Waals surface area (Å²) < 4.78 is 0. The van der Waals surface area contributed by atoms with E-state index in [1.165, 1.54) is 6.92 Å². The standard InChI is InChI=1S/C9H9ClO5/c1-4-5(7(12)13)2-3-6(11)9(4,10)8(14)15/h2-4,11H,1H3,(H,12,13)(H,14,15). The molecule has 1 rings (SSSR count). The van der Waals surface area contributed by atoms with Crippen LogP contribution >= 0.6 is 11.6 Å². The van der Waals surface area contributed by atoms with Crippen LogP contribution in [0, 0.1) is 5.92 Å². The van der Waals surface area contributed by atoms with Gasteiger partial charge in [0, 0.05) is 11.5 Å². The second-order valence-corrected chi connectivity index (χ2v) is 3.81. The molecule has 0 aromatic rings. The summed E-state index contributed by atoms with van der Waals surface area (Å²) in [6.07, 6.45) is 2.14. The maximum absolute atomic E-state index is 10.9. The van der Waals surface area contributed by atoms with Crippen molar-refractivity contribution < 1.29 is 24.9 Å². The molecular formula is C9H9ClO5. The van der Waals surface area contributed by atoms with Gasteiger partial charge >= 0.3 is 11.9 Å². The quantitative estimate of drug-likeness (QED) is 0.621. The first-order valence-corrected chi connectivity index (χ1v) is 4.46. The molecule has 0 aromatic carbocycles. The number of rotatable bonds is 2. The number of hydrogen-bond donors (Lipinski definition) is 3. The molecule has 0 spiro atoms. The van der Waals surface area contributed by atoms with Crippen molar-refractivity contribution in [2.75, 3.05) is 0 Å². The lowest BCUT2D eigenvalue weighted by molar-refractivity contribution is -0.141. The van der Waals surface area contributed by atoms with Crippen LogP contribution in [0.3, 0.4) is 0 Å². The van der Waals surface area contributed by atoms with Crippen LogP contribution in [0.2, 0.25) is 0 Å². The molecule has 0 radical (unpaired) electrons. The van der Waals surface area contributed by atoms with E-state index in [2.05, 4.69) is 0 Å². The number of aliphatic hydroxyl groups is 1. The zero-order chi connectivity index (χ0) is 11.8. The molecule has 1 aliphatic carbocycles. The van der Waals surface area contributed by atoms with Gasteiger partial charge in [-0.2, -0.15) is 0 Å². The molecule has 0 fully saturated rings. The highest BCUT2D eigenvalue weighted by atomic mass is 35.5. The van der Waals surface area contributed by atoms with Crippen molar-refractivity contribution in [1.29, 1.82) is 0 Å². The summed E-state index contributed by atoms with van der Waals surface area (Å²) in [5.74, 6) is -4.30. The lowest BCUT2D eigenvalue weighted by Gasteiger charge is -2.31. The van der Waals surface area contributed by atoms with Gasteiger partial charge in [0.1, 0.15) is 5.76 Å². The van der Waals surface area contributed by atoms with E-state index in [1.807, 2.05) is 0 Å². The molecule has 0 amide bonds. The van der Waals surface area contributed by atoms with Crippen molar-refractivity contribution in [1.82, 2.24) is 0 Å². The monoisotopic (exact) mass is 232 g/mol. The second-order valence-electron chi connectivity index (χ2n) is 3.22. The minimum Gasteiger partial charge on any atom is -0.510 e. The van der Waals surface area contributed by atoms with E-state index < -0.39 is 28.5 Å². The first kappa shape index (κ1) is 11.6. The normalized spacial score (nSPS) is 30.4. The summed E-state index contributed by atoms with van der Waals surface area (Å²) in [7, 11) is 0. The smallest absolute Gasteiger partial charge is 0.333 e. The van der Waals surface area contributed by atoms with Gasteiger partial charge in [0.15, 0.2) is 0 Å². The summed E-state index contributed by atoms with van der Waals surface area (Å²) in [6, 6.07) is 0. The fourth-order valence-electron chi connectivity index (χ4n) is 1.42. The van der Waals surface area contributed by atoms with Gasteiger partial charge in [-0.3, -0.25) is 0 Å². The van der Waals surface area contributed by atoms with Gasteiger partial charge in [-0.25, -0.2) is 9.59 Å². The lowest BCUT2D eigenvalue weighted by Crippen LogP contribution is -2.44. The highest BCUT2D eigenvalue weighted by Gasteiger charge is 2.50. The Kier molecular flexibility index (Phi) is 2.77. The van der Waals surface area contributed by atoms with Gasteiger partial charge < -0.3 is 15.3 Å². The molecule has 2 unspecified atom stereocenters. The Morgan fingerprint density at radius 1 is 1.40 bits per heavy atom. The predicted octanol–water partition coefficient (Wildman–Crippen LogP) is 1.15. The summed E-state index contributed by atoms with van der Waals surface area (Å²) in [5, 5.41) is 27.0. The van der Waals surface area contributed by atoms with Gasteiger partial charge in [-0.05, 0) is 12.2 Å². The van der Waals surface area contributed by atoms with Crippen LogP contribution in [-0.2, 0) is 9.59 Å². The minimum absolute atomic E-state index is 0.148. The van der Waals surface area contributed by atoms with Crippen LogP contribution in [0.5, 0.6) is 0 Å². The number of carboxylic acids is 2. The number of halogens is 1. The molecule has 1 aliphatic rings. The van der Waals surface area contributed by atoms with Crippen LogP contribution < -0.4 is 0 Å². The average molecular weight is 233 g/mol.